The van der Waals surface area contributed by atoms with E-state index >= 15 is 0 Å². The maximum atomic E-state index is 13.2. The number of benzene rings is 1. The summed E-state index contributed by atoms with van der Waals surface area (Å²) in [4.78, 5) is 30.1. The Kier molecular flexibility index (Phi) is 8.71. The summed E-state index contributed by atoms with van der Waals surface area (Å²) >= 11 is 5.94. The molecular formula is C20H20ClKN4O7S. The van der Waals surface area contributed by atoms with Crippen LogP contribution in [0.4, 0.5) is 10.5 Å². The van der Waals surface area contributed by atoms with Crippen LogP contribution in [0, 0.1) is 0 Å². The van der Waals surface area contributed by atoms with Crippen LogP contribution in [0.15, 0.2) is 35.4 Å². The molecule has 1 aromatic carbocycles. The summed E-state index contributed by atoms with van der Waals surface area (Å²) in [6.07, 6.45) is 1.10. The molecule has 0 saturated carbocycles. The number of fused-ring (bicyclic) bond motifs is 2. The van der Waals surface area contributed by atoms with Crippen LogP contribution in [0.3, 0.4) is 0 Å². The fraction of sp³-hybridized carbons (Fsp3) is 0.350. The van der Waals surface area contributed by atoms with E-state index in [1.807, 2.05) is 0 Å². The first kappa shape index (κ1) is 27.0. The van der Waals surface area contributed by atoms with E-state index in [9.17, 15) is 18.0 Å². The normalized spacial score (nSPS) is 19.0. The van der Waals surface area contributed by atoms with Crippen molar-refractivity contribution in [1.29, 1.82) is 0 Å². The maximum absolute atomic E-state index is 13.2. The molecule has 1 aromatic heterocycles. The Balaban J connectivity index is 0.00000324. The second-order valence-corrected chi connectivity index (χ2v) is 9.41. The van der Waals surface area contributed by atoms with Gasteiger partial charge in [0, 0.05) is 17.8 Å². The summed E-state index contributed by atoms with van der Waals surface area (Å²) in [6.45, 7) is 0.431. The molecule has 0 spiro atoms. The van der Waals surface area contributed by atoms with Gasteiger partial charge < -0.3 is 29.1 Å². The number of alkyl carbamates (subject to hydrolysis) is 1. The van der Waals surface area contributed by atoms with Crippen LogP contribution in [0.1, 0.15) is 16.8 Å². The minimum Gasteiger partial charge on any atom is -0.571 e. The molecule has 0 bridgehead atoms. The summed E-state index contributed by atoms with van der Waals surface area (Å²) < 4.78 is 45.0. The van der Waals surface area contributed by atoms with E-state index in [1.54, 1.807) is 4.90 Å². The van der Waals surface area contributed by atoms with Gasteiger partial charge in [0.2, 0.25) is 5.88 Å². The SMILES string of the molecule is COC(=O)N[C@@H]1C[C@@H]2COc3ncc([N-]S(=O)(=O)c4cc(Cl)ccc4OC)cc3C(=O)N2C1.[K+]. The summed E-state index contributed by atoms with van der Waals surface area (Å²) in [5.41, 5.74) is 0.0142. The maximum Gasteiger partial charge on any atom is 1.00 e. The third-order valence-corrected chi connectivity index (χ3v) is 6.85. The van der Waals surface area contributed by atoms with Gasteiger partial charge in [-0.15, -0.1) is 5.69 Å². The Bertz CT molecular complexity index is 1210. The molecule has 3 heterocycles. The number of nitrogens with zero attached hydrogens (tertiary/aromatic N) is 3. The van der Waals surface area contributed by atoms with Crippen molar-refractivity contribution < 1.29 is 83.6 Å². The number of rotatable bonds is 5. The number of hydrogen-bond donors (Lipinski definition) is 1. The first-order chi connectivity index (χ1) is 15.7. The number of carbonyl (C=O) groups is 2. The molecule has 1 N–H and O–H groups in total. The van der Waals surface area contributed by atoms with Crippen LogP contribution in [0.2, 0.25) is 5.02 Å². The van der Waals surface area contributed by atoms with Crippen molar-refractivity contribution in [2.75, 3.05) is 27.4 Å². The van der Waals surface area contributed by atoms with E-state index in [-0.39, 0.29) is 109 Å². The average Bonchev–Trinajstić information content (AvgIpc) is 3.14. The van der Waals surface area contributed by atoms with Gasteiger partial charge in [0.1, 0.15) is 27.9 Å². The molecule has 176 valence electrons. The van der Waals surface area contributed by atoms with Crippen molar-refractivity contribution in [2.24, 2.45) is 0 Å². The number of sulfonamides is 1. The zero-order valence-electron chi connectivity index (χ0n) is 18.6. The van der Waals surface area contributed by atoms with E-state index in [0.717, 1.165) is 0 Å². The third kappa shape index (κ3) is 5.61. The second kappa shape index (κ2) is 11.0. The van der Waals surface area contributed by atoms with E-state index in [2.05, 4.69) is 19.8 Å². The van der Waals surface area contributed by atoms with Gasteiger partial charge in [-0.05, 0) is 24.6 Å². The number of nitrogens with one attached hydrogen (secondary N) is 1. The smallest absolute Gasteiger partial charge is 0.571 e. The van der Waals surface area contributed by atoms with Gasteiger partial charge in [0.25, 0.3) is 5.91 Å². The number of amides is 2. The molecular weight excluding hydrogens is 515 g/mol. The van der Waals surface area contributed by atoms with E-state index in [1.165, 1.54) is 44.7 Å². The van der Waals surface area contributed by atoms with Gasteiger partial charge >= 0.3 is 57.5 Å². The molecule has 1 saturated heterocycles. The number of halogens is 1. The predicted octanol–water partition coefficient (Wildman–Crippen LogP) is -0.527. The molecule has 1 fully saturated rings. The van der Waals surface area contributed by atoms with Crippen molar-refractivity contribution in [3.8, 4) is 11.6 Å². The van der Waals surface area contributed by atoms with E-state index in [4.69, 9.17) is 21.1 Å². The molecule has 2 amide bonds. The Labute approximate surface area is 243 Å². The monoisotopic (exact) mass is 534 g/mol. The first-order valence-electron chi connectivity index (χ1n) is 9.81. The molecule has 4 rings (SSSR count). The summed E-state index contributed by atoms with van der Waals surface area (Å²) in [7, 11) is -1.63. The molecule has 0 radical (unpaired) electrons. The number of ether oxygens (including phenoxy) is 3. The molecule has 11 nitrogen and oxygen atoms in total. The predicted molar refractivity (Wildman–Crippen MR) is 117 cm³/mol. The number of pyridine rings is 1. The molecule has 2 aliphatic rings. The minimum absolute atomic E-state index is 0. The quantitative estimate of drug-likeness (QED) is 0.505. The van der Waals surface area contributed by atoms with E-state index < -0.39 is 22.0 Å². The number of carbonyl (C=O) groups excluding carboxylic acids is 2. The summed E-state index contributed by atoms with van der Waals surface area (Å²) in [5.74, 6) is -0.234. The van der Waals surface area contributed by atoms with Crippen molar-refractivity contribution in [3.05, 3.63) is 45.8 Å². The van der Waals surface area contributed by atoms with Gasteiger partial charge in [0.05, 0.1) is 31.2 Å². The Morgan fingerprint density at radius 2 is 2.09 bits per heavy atom. The number of methoxy groups -OCH3 is 2. The minimum atomic E-state index is -4.23. The number of aromatic nitrogens is 1. The molecule has 2 aliphatic heterocycles. The van der Waals surface area contributed by atoms with Crippen LogP contribution in [0.25, 0.3) is 4.72 Å². The van der Waals surface area contributed by atoms with Crippen LogP contribution < -0.4 is 66.2 Å². The molecule has 2 aromatic rings. The van der Waals surface area contributed by atoms with Crippen LogP contribution in [-0.2, 0) is 14.8 Å². The Morgan fingerprint density at radius 1 is 1.32 bits per heavy atom. The van der Waals surface area contributed by atoms with Gasteiger partial charge in [0.15, 0.2) is 0 Å². The van der Waals surface area contributed by atoms with Gasteiger partial charge in [-0.1, -0.05) is 17.7 Å². The Hall–Kier alpha value is -1.61. The van der Waals surface area contributed by atoms with Crippen LogP contribution >= 0.6 is 11.6 Å². The van der Waals surface area contributed by atoms with Gasteiger partial charge in [-0.2, -0.15) is 0 Å². The zero-order valence-corrected chi connectivity index (χ0v) is 23.3. The molecule has 34 heavy (non-hydrogen) atoms. The molecule has 0 unspecified atom stereocenters. The standard InChI is InChI=1S/C20H20ClN4O7S.K/c1-30-16-4-3-11(21)5-17(16)33(28,29)24-12-7-15-18(22-8-12)32-10-14-6-13(23-20(27)31-2)9-25(14)19(15)26;/h3-5,7-8,13-14H,6,9-10H2,1-2H3,(H,23,27);/q-1;+1/t13-,14-;/m1./s1. The topological polar surface area (TPSA) is 138 Å². The molecule has 14 heteroatoms. The van der Waals surface area contributed by atoms with Gasteiger partial charge in [-0.3, -0.25) is 4.79 Å². The van der Waals surface area contributed by atoms with Crippen molar-refractivity contribution in [2.45, 2.75) is 23.4 Å². The first-order valence-corrected chi connectivity index (χ1v) is 11.6. The molecule has 0 aliphatic carbocycles. The van der Waals surface area contributed by atoms with Crippen molar-refractivity contribution in [3.63, 3.8) is 0 Å². The van der Waals surface area contributed by atoms with Crippen molar-refractivity contribution >= 4 is 39.3 Å². The van der Waals surface area contributed by atoms with E-state index in [0.29, 0.717) is 6.42 Å². The fourth-order valence-corrected chi connectivity index (χ4v) is 5.18. The largest absolute Gasteiger partial charge is 1.00 e. The number of hydrogen-bond acceptors (Lipinski definition) is 8. The third-order valence-electron chi connectivity index (χ3n) is 5.29. The van der Waals surface area contributed by atoms with Crippen LogP contribution in [0.5, 0.6) is 11.6 Å². The summed E-state index contributed by atoms with van der Waals surface area (Å²) in [6, 6.07) is 4.87. The second-order valence-electron chi connectivity index (χ2n) is 7.40. The zero-order chi connectivity index (χ0) is 23.8. The fourth-order valence-electron chi connectivity index (χ4n) is 3.78. The summed E-state index contributed by atoms with van der Waals surface area (Å²) in [5, 5.41) is 2.88. The molecule has 2 atom stereocenters. The average molecular weight is 535 g/mol. The van der Waals surface area contributed by atoms with Crippen LogP contribution in [-0.4, -0.2) is 69.8 Å². The Morgan fingerprint density at radius 3 is 2.79 bits per heavy atom. The van der Waals surface area contributed by atoms with Gasteiger partial charge in [-0.25, -0.2) is 18.2 Å². The van der Waals surface area contributed by atoms with Crippen molar-refractivity contribution in [1.82, 2.24) is 15.2 Å².